The number of para-hydroxylation sites is 3. The van der Waals surface area contributed by atoms with Gasteiger partial charge in [0, 0.05) is 49.4 Å². The highest BCUT2D eigenvalue weighted by molar-refractivity contribution is 6.20. The highest BCUT2D eigenvalue weighted by Crippen LogP contribution is 2.57. The van der Waals surface area contributed by atoms with Gasteiger partial charge in [-0.2, -0.15) is 0 Å². The molecule has 0 bridgehead atoms. The Morgan fingerprint density at radius 2 is 0.926 bits per heavy atom. The summed E-state index contributed by atoms with van der Waals surface area (Å²) in [6.45, 7) is 0. The van der Waals surface area contributed by atoms with Gasteiger partial charge < -0.3 is 13.9 Å². The van der Waals surface area contributed by atoms with Crippen LogP contribution in [0.25, 0.3) is 82.5 Å². The maximum Gasteiger partial charge on any atom is 0.143 e. The van der Waals surface area contributed by atoms with Crippen molar-refractivity contribution >= 4 is 71.6 Å². The maximum atomic E-state index is 6.66. The quantitative estimate of drug-likeness (QED) is 0.159. The Balaban J connectivity index is 0.997. The molecule has 0 unspecified atom stereocenters. The van der Waals surface area contributed by atoms with Gasteiger partial charge in [0.25, 0.3) is 0 Å². The van der Waals surface area contributed by atoms with Crippen molar-refractivity contribution in [2.75, 3.05) is 4.90 Å². The van der Waals surface area contributed by atoms with Gasteiger partial charge in [0.05, 0.1) is 22.1 Å². The molecule has 1 aliphatic rings. The van der Waals surface area contributed by atoms with E-state index in [9.17, 15) is 0 Å². The van der Waals surface area contributed by atoms with E-state index in [4.69, 9.17) is 4.42 Å². The molecule has 14 rings (SSSR count). The van der Waals surface area contributed by atoms with Crippen molar-refractivity contribution in [1.82, 2.24) is 4.57 Å². The second kappa shape index (κ2) is 15.1. The molecule has 1 aliphatic carbocycles. The van der Waals surface area contributed by atoms with Crippen LogP contribution in [-0.4, -0.2) is 4.57 Å². The molecule has 68 heavy (non-hydrogen) atoms. The lowest BCUT2D eigenvalue weighted by Gasteiger charge is -2.35. The first kappa shape index (κ1) is 38.4. The first-order valence-electron chi connectivity index (χ1n) is 23.4. The smallest absolute Gasteiger partial charge is 0.143 e. The average molecular weight is 867 g/mol. The van der Waals surface area contributed by atoms with Gasteiger partial charge >= 0.3 is 0 Å². The predicted molar refractivity (Wildman–Crippen MR) is 283 cm³/mol. The van der Waals surface area contributed by atoms with Crippen molar-refractivity contribution in [2.45, 2.75) is 5.41 Å². The minimum atomic E-state index is -0.547. The summed E-state index contributed by atoms with van der Waals surface area (Å²) in [6.07, 6.45) is 0. The molecule has 0 N–H and O–H groups in total. The van der Waals surface area contributed by atoms with E-state index in [-0.39, 0.29) is 0 Å². The van der Waals surface area contributed by atoms with Crippen molar-refractivity contribution in [3.63, 3.8) is 0 Å². The number of hydrogen-bond donors (Lipinski definition) is 0. The molecule has 0 spiro atoms. The van der Waals surface area contributed by atoms with Crippen LogP contribution in [0.15, 0.2) is 259 Å². The molecule has 0 saturated carbocycles. The molecule has 0 radical (unpaired) electrons. The highest BCUT2D eigenvalue weighted by atomic mass is 16.3. The summed E-state index contributed by atoms with van der Waals surface area (Å²) >= 11 is 0. The van der Waals surface area contributed by atoms with E-state index >= 15 is 0 Å². The zero-order valence-electron chi connectivity index (χ0n) is 37.1. The van der Waals surface area contributed by atoms with Crippen LogP contribution in [0.5, 0.6) is 0 Å². The number of rotatable bonds is 7. The molecule has 2 aromatic heterocycles. The summed E-state index contributed by atoms with van der Waals surface area (Å²) < 4.78 is 9.04. The van der Waals surface area contributed by atoms with Gasteiger partial charge in [0.2, 0.25) is 0 Å². The van der Waals surface area contributed by atoms with Gasteiger partial charge in [0.15, 0.2) is 0 Å². The van der Waals surface area contributed by atoms with Gasteiger partial charge in [-0.3, -0.25) is 0 Å². The number of fused-ring (bicyclic) bond motifs is 11. The SMILES string of the molecule is c1ccc(-n2c3ccccc3c3cc(-c4ccc(N(c5ccc6c(c5)C(c5ccccc5)(c5ccccc5)c5ccccc5-6)c5cc6c7ccccc7oc6c6ccccc56)cc4)ccc32)cc1. The Labute approximate surface area is 394 Å². The van der Waals surface area contributed by atoms with Crippen LogP contribution in [0.3, 0.4) is 0 Å². The van der Waals surface area contributed by atoms with Gasteiger partial charge in [-0.15, -0.1) is 0 Å². The molecule has 0 amide bonds. The van der Waals surface area contributed by atoms with Gasteiger partial charge in [-0.05, 0) is 111 Å². The summed E-state index contributed by atoms with van der Waals surface area (Å²) in [6, 6.07) is 93.1. The van der Waals surface area contributed by atoms with Crippen molar-refractivity contribution in [1.29, 1.82) is 0 Å². The Hall–Kier alpha value is -8.92. The molecular weight excluding hydrogens is 825 g/mol. The Kier molecular flexibility index (Phi) is 8.50. The van der Waals surface area contributed by atoms with Crippen LogP contribution in [0.2, 0.25) is 0 Å². The number of furan rings is 1. The second-order valence-corrected chi connectivity index (χ2v) is 18.0. The number of benzene rings is 11. The molecule has 11 aromatic carbocycles. The molecule has 3 nitrogen and oxygen atoms in total. The summed E-state index contributed by atoms with van der Waals surface area (Å²) in [5.74, 6) is 0. The van der Waals surface area contributed by atoms with Crippen molar-refractivity contribution in [3.8, 4) is 27.9 Å². The Bertz CT molecular complexity index is 4030. The minimum Gasteiger partial charge on any atom is -0.455 e. The van der Waals surface area contributed by atoms with Crippen LogP contribution >= 0.6 is 0 Å². The van der Waals surface area contributed by atoms with Crippen LogP contribution in [0.1, 0.15) is 22.3 Å². The molecule has 318 valence electrons. The Morgan fingerprint density at radius 1 is 0.353 bits per heavy atom. The van der Waals surface area contributed by atoms with Crippen LogP contribution < -0.4 is 4.90 Å². The predicted octanol–water partition coefficient (Wildman–Crippen LogP) is 17.3. The minimum absolute atomic E-state index is 0.547. The molecule has 0 fully saturated rings. The highest BCUT2D eigenvalue weighted by Gasteiger charge is 2.46. The largest absolute Gasteiger partial charge is 0.455 e. The summed E-state index contributed by atoms with van der Waals surface area (Å²) in [5.41, 5.74) is 17.9. The van der Waals surface area contributed by atoms with Gasteiger partial charge in [-0.1, -0.05) is 188 Å². The topological polar surface area (TPSA) is 21.3 Å². The number of aromatic nitrogens is 1. The molecule has 13 aromatic rings. The van der Waals surface area contributed by atoms with E-state index in [2.05, 4.69) is 264 Å². The first-order valence-corrected chi connectivity index (χ1v) is 23.4. The number of hydrogen-bond acceptors (Lipinski definition) is 2. The number of anilines is 3. The van der Waals surface area contributed by atoms with Crippen LogP contribution in [0, 0.1) is 0 Å². The third kappa shape index (κ3) is 5.60. The fraction of sp³-hybridized carbons (Fsp3) is 0.0154. The lowest BCUT2D eigenvalue weighted by atomic mass is 9.67. The van der Waals surface area contributed by atoms with Crippen LogP contribution in [0.4, 0.5) is 17.1 Å². The molecule has 0 saturated heterocycles. The third-order valence-corrected chi connectivity index (χ3v) is 14.4. The fourth-order valence-electron chi connectivity index (χ4n) is 11.5. The van der Waals surface area contributed by atoms with E-state index in [1.54, 1.807) is 0 Å². The second-order valence-electron chi connectivity index (χ2n) is 18.0. The monoisotopic (exact) mass is 866 g/mol. The van der Waals surface area contributed by atoms with E-state index in [1.807, 2.05) is 0 Å². The fourth-order valence-corrected chi connectivity index (χ4v) is 11.5. The van der Waals surface area contributed by atoms with E-state index in [0.717, 1.165) is 61.0 Å². The molecular formula is C65H42N2O. The van der Waals surface area contributed by atoms with E-state index in [0.29, 0.717) is 0 Å². The van der Waals surface area contributed by atoms with Gasteiger partial charge in [-0.25, -0.2) is 0 Å². The molecule has 2 heterocycles. The summed E-state index contributed by atoms with van der Waals surface area (Å²) in [5, 5.41) is 6.87. The van der Waals surface area contributed by atoms with Crippen molar-refractivity contribution in [3.05, 3.63) is 277 Å². The lowest BCUT2D eigenvalue weighted by molar-refractivity contribution is 0.672. The van der Waals surface area contributed by atoms with Gasteiger partial charge in [0.1, 0.15) is 11.2 Å². The summed E-state index contributed by atoms with van der Waals surface area (Å²) in [7, 11) is 0. The Morgan fingerprint density at radius 3 is 1.69 bits per heavy atom. The number of nitrogens with zero attached hydrogens (tertiary/aromatic N) is 2. The average Bonchev–Trinajstić information content (AvgIpc) is 4.06. The van der Waals surface area contributed by atoms with E-state index < -0.39 is 5.41 Å². The normalized spacial score (nSPS) is 12.8. The van der Waals surface area contributed by atoms with E-state index in [1.165, 1.54) is 60.8 Å². The third-order valence-electron chi connectivity index (χ3n) is 14.4. The molecule has 3 heteroatoms. The lowest BCUT2D eigenvalue weighted by Crippen LogP contribution is -2.28. The molecule has 0 aliphatic heterocycles. The summed E-state index contributed by atoms with van der Waals surface area (Å²) in [4.78, 5) is 2.47. The zero-order chi connectivity index (χ0) is 44.8. The molecule has 0 atom stereocenters. The van der Waals surface area contributed by atoms with Crippen LogP contribution in [-0.2, 0) is 5.41 Å². The zero-order valence-corrected chi connectivity index (χ0v) is 37.1. The standard InChI is InChI=1S/C65H42N2O/c1-4-18-45(19-5-1)65(46-20-6-2-7-21-46)58-29-15-12-24-50(58)51-38-37-49(41-59(51)65)66(62-42-57-54-27-14-17-31-63(54)68-64(57)55-28-11-10-25-52(55)62)48-35-32-43(33-36-48)44-34-39-61-56(40-44)53-26-13-16-30-60(53)67(61)47-22-8-3-9-23-47/h1-42H. The van der Waals surface area contributed by atoms with Crippen molar-refractivity contribution < 1.29 is 4.42 Å². The maximum absolute atomic E-state index is 6.66. The first-order chi connectivity index (χ1) is 33.7. The van der Waals surface area contributed by atoms with Crippen molar-refractivity contribution in [2.24, 2.45) is 0 Å².